The van der Waals surface area contributed by atoms with Crippen molar-refractivity contribution in [2.45, 2.75) is 19.3 Å². The molecule has 0 saturated carbocycles. The second-order valence-corrected chi connectivity index (χ2v) is 8.53. The smallest absolute Gasteiger partial charge is 0.231 e. The molecule has 0 saturated heterocycles. The molecule has 1 amide bonds. The number of methoxy groups -OCH3 is 1. The Morgan fingerprint density at radius 3 is 2.71 bits per heavy atom. The third kappa shape index (κ3) is 3.18. The number of amides is 1. The number of sulfonamides is 1. The average molecular weight is 400 g/mol. The monoisotopic (exact) mass is 400 g/mol. The van der Waals surface area contributed by atoms with Gasteiger partial charge in [-0.15, -0.1) is 0 Å². The number of hydrogen-bond acceptors (Lipinski definition) is 5. The molecule has 9 heteroatoms. The van der Waals surface area contributed by atoms with E-state index in [1.54, 1.807) is 18.2 Å². The van der Waals surface area contributed by atoms with Crippen molar-refractivity contribution in [1.82, 2.24) is 9.97 Å². The van der Waals surface area contributed by atoms with Gasteiger partial charge in [0.2, 0.25) is 15.9 Å². The number of ether oxygens (including phenoxy) is 1. The summed E-state index contributed by atoms with van der Waals surface area (Å²) in [6.45, 7) is 1.99. The fourth-order valence-electron chi connectivity index (χ4n) is 3.53. The van der Waals surface area contributed by atoms with Crippen LogP contribution in [0.2, 0.25) is 0 Å². The zero-order valence-corrected chi connectivity index (χ0v) is 16.5. The highest BCUT2D eigenvalue weighted by Gasteiger charge is 2.29. The number of nitrogens with zero attached hydrogens (tertiary/aromatic N) is 1. The second kappa shape index (κ2) is 6.52. The Hall–Kier alpha value is -3.07. The van der Waals surface area contributed by atoms with Gasteiger partial charge in [0.05, 0.1) is 41.6 Å². The van der Waals surface area contributed by atoms with E-state index in [1.807, 2.05) is 19.1 Å². The molecule has 1 aliphatic heterocycles. The molecule has 2 aromatic carbocycles. The van der Waals surface area contributed by atoms with Crippen molar-refractivity contribution in [3.63, 3.8) is 0 Å². The van der Waals surface area contributed by atoms with E-state index in [0.29, 0.717) is 22.8 Å². The van der Waals surface area contributed by atoms with Crippen molar-refractivity contribution in [2.75, 3.05) is 23.4 Å². The molecule has 146 valence electrons. The molecule has 0 fully saturated rings. The predicted molar refractivity (Wildman–Crippen MR) is 108 cm³/mol. The molecule has 4 rings (SSSR count). The zero-order valence-electron chi connectivity index (χ0n) is 15.7. The SMILES string of the molecule is CCC1C(=O)Nc2cc3nc(-c4ccc(NS(C)(=O)=O)cc4OC)[nH]c3cc21. The Bertz CT molecular complexity index is 1200. The Balaban J connectivity index is 1.77. The second-order valence-electron chi connectivity index (χ2n) is 6.78. The first-order chi connectivity index (χ1) is 13.3. The molecule has 1 unspecified atom stereocenters. The number of H-pyrrole nitrogens is 1. The molecule has 1 atom stereocenters. The minimum absolute atomic E-state index is 0.0148. The number of aromatic amines is 1. The maximum Gasteiger partial charge on any atom is 0.231 e. The molecule has 2 heterocycles. The van der Waals surface area contributed by atoms with Gasteiger partial charge in [0.25, 0.3) is 0 Å². The highest BCUT2D eigenvalue weighted by Crippen LogP contribution is 2.38. The third-order valence-electron chi connectivity index (χ3n) is 4.77. The number of anilines is 2. The Morgan fingerprint density at radius 2 is 2.04 bits per heavy atom. The molecule has 3 aromatic rings. The molecule has 3 N–H and O–H groups in total. The molecule has 8 nitrogen and oxygen atoms in total. The fourth-order valence-corrected chi connectivity index (χ4v) is 4.08. The maximum atomic E-state index is 12.1. The van der Waals surface area contributed by atoms with Crippen LogP contribution in [0.4, 0.5) is 11.4 Å². The molecule has 1 aromatic heterocycles. The predicted octanol–water partition coefficient (Wildman–Crippen LogP) is 3.06. The Morgan fingerprint density at radius 1 is 1.25 bits per heavy atom. The highest BCUT2D eigenvalue weighted by atomic mass is 32.2. The van der Waals surface area contributed by atoms with Gasteiger partial charge in [0.1, 0.15) is 11.6 Å². The van der Waals surface area contributed by atoms with E-state index in [4.69, 9.17) is 4.74 Å². The van der Waals surface area contributed by atoms with Gasteiger partial charge in [-0.05, 0) is 36.2 Å². The van der Waals surface area contributed by atoms with Gasteiger partial charge in [-0.3, -0.25) is 9.52 Å². The lowest BCUT2D eigenvalue weighted by molar-refractivity contribution is -0.117. The summed E-state index contributed by atoms with van der Waals surface area (Å²) in [5, 5.41) is 2.91. The van der Waals surface area contributed by atoms with E-state index < -0.39 is 10.0 Å². The van der Waals surface area contributed by atoms with E-state index in [1.165, 1.54) is 7.11 Å². The van der Waals surface area contributed by atoms with Gasteiger partial charge in [0, 0.05) is 11.8 Å². The van der Waals surface area contributed by atoms with Crippen LogP contribution in [0.15, 0.2) is 30.3 Å². The summed E-state index contributed by atoms with van der Waals surface area (Å²) in [7, 11) is -1.87. The van der Waals surface area contributed by atoms with E-state index in [0.717, 1.165) is 35.0 Å². The fraction of sp³-hybridized carbons (Fsp3) is 0.263. The van der Waals surface area contributed by atoms with Crippen LogP contribution in [0.3, 0.4) is 0 Å². The lowest BCUT2D eigenvalue weighted by Gasteiger charge is -2.09. The molecule has 0 radical (unpaired) electrons. The minimum Gasteiger partial charge on any atom is -0.496 e. The lowest BCUT2D eigenvalue weighted by Crippen LogP contribution is -2.10. The highest BCUT2D eigenvalue weighted by molar-refractivity contribution is 7.92. The van der Waals surface area contributed by atoms with Crippen molar-refractivity contribution >= 4 is 38.3 Å². The van der Waals surface area contributed by atoms with Crippen LogP contribution in [0.5, 0.6) is 5.75 Å². The quantitative estimate of drug-likeness (QED) is 0.609. The number of imidazole rings is 1. The van der Waals surface area contributed by atoms with Crippen LogP contribution in [0.1, 0.15) is 24.8 Å². The Labute approximate surface area is 162 Å². The number of carbonyl (C=O) groups is 1. The van der Waals surface area contributed by atoms with Crippen molar-refractivity contribution in [2.24, 2.45) is 0 Å². The summed E-state index contributed by atoms with van der Waals surface area (Å²) in [4.78, 5) is 20.0. The third-order valence-corrected chi connectivity index (χ3v) is 5.38. The molecule has 0 aliphatic carbocycles. The van der Waals surface area contributed by atoms with Crippen molar-refractivity contribution in [3.8, 4) is 17.1 Å². The average Bonchev–Trinajstić information content (AvgIpc) is 3.16. The molecule has 0 spiro atoms. The van der Waals surface area contributed by atoms with Gasteiger partial charge in [-0.2, -0.15) is 0 Å². The van der Waals surface area contributed by atoms with Crippen molar-refractivity contribution < 1.29 is 17.9 Å². The normalized spacial score (nSPS) is 16.1. The standard InChI is InChI=1S/C19H20N4O4S/c1-4-11-13-8-15-16(9-14(13)22-19(11)24)21-18(20-15)12-6-5-10(7-17(12)27-2)23-28(3,25)26/h5-9,11,23H,4H2,1-3H3,(H,20,21)(H,22,24). The van der Waals surface area contributed by atoms with E-state index in [2.05, 4.69) is 20.0 Å². The van der Waals surface area contributed by atoms with Gasteiger partial charge < -0.3 is 15.0 Å². The van der Waals surface area contributed by atoms with Crippen LogP contribution in [0.25, 0.3) is 22.4 Å². The summed E-state index contributed by atoms with van der Waals surface area (Å²) >= 11 is 0. The molecular weight excluding hydrogens is 380 g/mol. The summed E-state index contributed by atoms with van der Waals surface area (Å²) in [5.74, 6) is 0.948. The molecular formula is C19H20N4O4S. The first-order valence-electron chi connectivity index (χ1n) is 8.79. The van der Waals surface area contributed by atoms with Crippen molar-refractivity contribution in [1.29, 1.82) is 0 Å². The topological polar surface area (TPSA) is 113 Å². The van der Waals surface area contributed by atoms with Gasteiger partial charge >= 0.3 is 0 Å². The van der Waals surface area contributed by atoms with Crippen molar-refractivity contribution in [3.05, 3.63) is 35.9 Å². The van der Waals surface area contributed by atoms with Gasteiger partial charge in [-0.25, -0.2) is 13.4 Å². The molecule has 28 heavy (non-hydrogen) atoms. The summed E-state index contributed by atoms with van der Waals surface area (Å²) in [6.07, 6.45) is 1.82. The summed E-state index contributed by atoms with van der Waals surface area (Å²) in [6, 6.07) is 8.83. The number of hydrogen-bond donors (Lipinski definition) is 3. The number of aromatic nitrogens is 2. The minimum atomic E-state index is -3.38. The van der Waals surface area contributed by atoms with Crippen LogP contribution in [-0.2, 0) is 14.8 Å². The lowest BCUT2D eigenvalue weighted by atomic mass is 9.98. The number of rotatable bonds is 5. The largest absolute Gasteiger partial charge is 0.496 e. The number of carbonyl (C=O) groups excluding carboxylic acids is 1. The van der Waals surface area contributed by atoms with Crippen LogP contribution < -0.4 is 14.8 Å². The number of nitrogens with one attached hydrogen (secondary N) is 3. The van der Waals surface area contributed by atoms with Crippen LogP contribution in [0, 0.1) is 0 Å². The first-order valence-corrected chi connectivity index (χ1v) is 10.7. The Kier molecular flexibility index (Phi) is 4.26. The first kappa shape index (κ1) is 18.3. The molecule has 1 aliphatic rings. The van der Waals surface area contributed by atoms with Crippen LogP contribution >= 0.6 is 0 Å². The van der Waals surface area contributed by atoms with Gasteiger partial charge in [-0.1, -0.05) is 6.92 Å². The van der Waals surface area contributed by atoms with Gasteiger partial charge in [0.15, 0.2) is 0 Å². The summed E-state index contributed by atoms with van der Waals surface area (Å²) < 4.78 is 30.7. The van der Waals surface area contributed by atoms with E-state index in [9.17, 15) is 13.2 Å². The van der Waals surface area contributed by atoms with Crippen LogP contribution in [-0.4, -0.2) is 37.7 Å². The van der Waals surface area contributed by atoms with E-state index >= 15 is 0 Å². The number of fused-ring (bicyclic) bond motifs is 2. The maximum absolute atomic E-state index is 12.1. The number of benzene rings is 2. The zero-order chi connectivity index (χ0) is 20.1. The molecule has 0 bridgehead atoms. The van der Waals surface area contributed by atoms with E-state index in [-0.39, 0.29) is 11.8 Å². The summed E-state index contributed by atoms with van der Waals surface area (Å²) in [5.41, 5.74) is 4.42.